The quantitative estimate of drug-likeness (QED) is 0.173. The number of halogens is 4. The highest BCUT2D eigenvalue weighted by molar-refractivity contribution is 5.99. The molecule has 0 atom stereocenters. The van der Waals surface area contributed by atoms with Crippen LogP contribution in [0.3, 0.4) is 0 Å². The fourth-order valence-corrected chi connectivity index (χ4v) is 4.71. The van der Waals surface area contributed by atoms with Gasteiger partial charge in [0, 0.05) is 34.8 Å². The highest BCUT2D eigenvalue weighted by Gasteiger charge is 2.31. The van der Waals surface area contributed by atoms with Crippen LogP contribution in [-0.4, -0.2) is 20.4 Å². The minimum Gasteiger partial charge on any atom is -0.342 e. The lowest BCUT2D eigenvalue weighted by atomic mass is 10.1. The number of benzene rings is 4. The van der Waals surface area contributed by atoms with Gasteiger partial charge in [-0.25, -0.2) is 9.37 Å². The van der Waals surface area contributed by atoms with Crippen molar-refractivity contribution in [1.29, 1.82) is 0 Å². The van der Waals surface area contributed by atoms with Gasteiger partial charge in [-0.05, 0) is 48.0 Å². The van der Waals surface area contributed by atoms with E-state index < -0.39 is 17.3 Å². The molecule has 0 radical (unpaired) electrons. The minimum absolute atomic E-state index is 0.0189. The van der Waals surface area contributed by atoms with E-state index in [0.29, 0.717) is 17.6 Å². The van der Waals surface area contributed by atoms with Crippen molar-refractivity contribution in [2.24, 2.45) is 5.10 Å². The van der Waals surface area contributed by atoms with Crippen LogP contribution in [0.1, 0.15) is 16.7 Å². The topological polar surface area (TPSA) is 52.2 Å². The van der Waals surface area contributed by atoms with Crippen LogP contribution in [0, 0.1) is 5.82 Å². The number of nitrogens with zero attached hydrogens (tertiary/aromatic N) is 4. The lowest BCUT2D eigenvalue weighted by Crippen LogP contribution is -2.20. The third-order valence-corrected chi connectivity index (χ3v) is 6.58. The van der Waals surface area contributed by atoms with Crippen LogP contribution in [0.15, 0.2) is 113 Å². The van der Waals surface area contributed by atoms with Crippen molar-refractivity contribution in [2.75, 3.05) is 0 Å². The summed E-state index contributed by atoms with van der Waals surface area (Å²) in [5, 5.41) is 5.56. The van der Waals surface area contributed by atoms with Gasteiger partial charge in [0.25, 0.3) is 5.56 Å². The molecule has 0 spiro atoms. The van der Waals surface area contributed by atoms with E-state index >= 15 is 0 Å². The zero-order valence-corrected chi connectivity index (χ0v) is 20.8. The number of aromatic nitrogens is 3. The molecule has 0 unspecified atom stereocenters. The lowest BCUT2D eigenvalue weighted by molar-refractivity contribution is -0.137. The number of hydrogen-bond donors (Lipinski definition) is 0. The summed E-state index contributed by atoms with van der Waals surface area (Å²) in [6, 6.07) is 25.1. The van der Waals surface area contributed by atoms with E-state index in [0.717, 1.165) is 33.3 Å². The number of para-hydroxylation sites is 2. The highest BCUT2D eigenvalue weighted by atomic mass is 19.4. The summed E-state index contributed by atoms with van der Waals surface area (Å²) in [6.07, 6.45) is -1.24. The zero-order chi connectivity index (χ0) is 27.9. The van der Waals surface area contributed by atoms with Crippen molar-refractivity contribution >= 4 is 28.0 Å². The first-order chi connectivity index (χ1) is 19.3. The Kier molecular flexibility index (Phi) is 6.26. The SMILES string of the molecule is O=c1c2ccccc2nc(-c2cccc(C(F)(F)F)c2)n1N=Cc1cn(Cc2cccc(F)c2)c2ccccc12. The molecule has 0 bridgehead atoms. The van der Waals surface area contributed by atoms with E-state index in [4.69, 9.17) is 0 Å². The van der Waals surface area contributed by atoms with Gasteiger partial charge in [0.2, 0.25) is 0 Å². The second kappa shape index (κ2) is 9.92. The molecular weight excluding hydrogens is 520 g/mol. The monoisotopic (exact) mass is 540 g/mol. The van der Waals surface area contributed by atoms with Crippen molar-refractivity contribution in [3.05, 3.63) is 136 Å². The number of fused-ring (bicyclic) bond motifs is 2. The van der Waals surface area contributed by atoms with Crippen molar-refractivity contribution in [3.8, 4) is 11.4 Å². The molecule has 0 aliphatic heterocycles. The highest BCUT2D eigenvalue weighted by Crippen LogP contribution is 2.32. The zero-order valence-electron chi connectivity index (χ0n) is 20.8. The van der Waals surface area contributed by atoms with Gasteiger partial charge in [0.1, 0.15) is 5.82 Å². The van der Waals surface area contributed by atoms with Crippen LogP contribution in [0.25, 0.3) is 33.2 Å². The summed E-state index contributed by atoms with van der Waals surface area (Å²) in [6.45, 7) is 0.402. The Hall–Kier alpha value is -5.05. The first-order valence-corrected chi connectivity index (χ1v) is 12.3. The minimum atomic E-state index is -4.56. The van der Waals surface area contributed by atoms with Crippen molar-refractivity contribution in [2.45, 2.75) is 12.7 Å². The Morgan fingerprint density at radius 2 is 1.60 bits per heavy atom. The number of rotatable bonds is 5. The van der Waals surface area contributed by atoms with Crippen molar-refractivity contribution in [1.82, 2.24) is 14.2 Å². The first kappa shape index (κ1) is 25.2. The van der Waals surface area contributed by atoms with Crippen molar-refractivity contribution < 1.29 is 17.6 Å². The van der Waals surface area contributed by atoms with E-state index in [2.05, 4.69) is 10.1 Å². The van der Waals surface area contributed by atoms with Gasteiger partial charge < -0.3 is 4.57 Å². The lowest BCUT2D eigenvalue weighted by Gasteiger charge is -2.12. The summed E-state index contributed by atoms with van der Waals surface area (Å²) in [5.41, 5.74) is 1.38. The Labute approximate surface area is 225 Å². The van der Waals surface area contributed by atoms with Gasteiger partial charge in [0.15, 0.2) is 5.82 Å². The van der Waals surface area contributed by atoms with E-state index in [1.165, 1.54) is 30.5 Å². The second-order valence-electron chi connectivity index (χ2n) is 9.25. The predicted octanol–water partition coefficient (Wildman–Crippen LogP) is 7.11. The molecule has 0 fully saturated rings. The molecule has 6 rings (SSSR count). The Morgan fingerprint density at radius 3 is 2.40 bits per heavy atom. The second-order valence-corrected chi connectivity index (χ2v) is 9.25. The van der Waals surface area contributed by atoms with E-state index in [-0.39, 0.29) is 22.6 Å². The largest absolute Gasteiger partial charge is 0.416 e. The fraction of sp³-hybridized carbons (Fsp3) is 0.0645. The molecule has 0 saturated carbocycles. The molecule has 2 aromatic heterocycles. The summed E-state index contributed by atoms with van der Waals surface area (Å²) in [5.74, 6) is -0.351. The maximum atomic E-state index is 13.8. The average molecular weight is 541 g/mol. The molecule has 5 nitrogen and oxygen atoms in total. The molecule has 0 aliphatic rings. The summed E-state index contributed by atoms with van der Waals surface area (Å²) in [7, 11) is 0. The van der Waals surface area contributed by atoms with Gasteiger partial charge in [-0.2, -0.15) is 22.9 Å². The molecule has 9 heteroatoms. The van der Waals surface area contributed by atoms with Gasteiger partial charge in [-0.1, -0.05) is 54.6 Å². The molecule has 0 saturated heterocycles. The maximum Gasteiger partial charge on any atom is 0.416 e. The maximum absolute atomic E-state index is 13.8. The van der Waals surface area contributed by atoms with Crippen LogP contribution >= 0.6 is 0 Å². The van der Waals surface area contributed by atoms with E-state index in [9.17, 15) is 22.4 Å². The molecule has 198 valence electrons. The van der Waals surface area contributed by atoms with E-state index in [1.807, 2.05) is 41.1 Å². The van der Waals surface area contributed by atoms with Crippen LogP contribution in [-0.2, 0) is 12.7 Å². The van der Waals surface area contributed by atoms with Gasteiger partial charge in [-0.15, -0.1) is 0 Å². The number of hydrogen-bond acceptors (Lipinski definition) is 3. The molecule has 0 N–H and O–H groups in total. The molecule has 2 heterocycles. The van der Waals surface area contributed by atoms with Crippen LogP contribution < -0.4 is 5.56 Å². The third kappa shape index (κ3) is 4.77. The standard InChI is InChI=1S/C31H20F4N4O/c32-24-10-5-7-20(15-24)18-38-19-22(25-11-2-4-14-28(25)38)17-36-39-29(21-8-6-9-23(16-21)31(33,34)35)37-27-13-3-1-12-26(27)30(39)40/h1-17,19H,18H2. The van der Waals surface area contributed by atoms with Gasteiger partial charge >= 0.3 is 6.18 Å². The Morgan fingerprint density at radius 1 is 0.850 bits per heavy atom. The number of alkyl halides is 3. The van der Waals surface area contributed by atoms with Gasteiger partial charge in [-0.3, -0.25) is 4.79 Å². The Balaban J connectivity index is 1.50. The average Bonchev–Trinajstić information content (AvgIpc) is 3.29. The summed E-state index contributed by atoms with van der Waals surface area (Å²) >= 11 is 0. The summed E-state index contributed by atoms with van der Waals surface area (Å²) in [4.78, 5) is 18.0. The van der Waals surface area contributed by atoms with Crippen molar-refractivity contribution in [3.63, 3.8) is 0 Å². The molecular formula is C31H20F4N4O. The third-order valence-electron chi connectivity index (χ3n) is 6.58. The molecule has 6 aromatic rings. The molecule has 0 aliphatic carbocycles. The molecule has 4 aromatic carbocycles. The predicted molar refractivity (Wildman–Crippen MR) is 147 cm³/mol. The molecule has 40 heavy (non-hydrogen) atoms. The normalized spacial score (nSPS) is 12.1. The summed E-state index contributed by atoms with van der Waals surface area (Å²) < 4.78 is 57.2. The fourth-order valence-electron chi connectivity index (χ4n) is 4.71. The smallest absolute Gasteiger partial charge is 0.342 e. The van der Waals surface area contributed by atoms with Crippen LogP contribution in [0.4, 0.5) is 17.6 Å². The van der Waals surface area contributed by atoms with Crippen LogP contribution in [0.5, 0.6) is 0 Å². The first-order valence-electron chi connectivity index (χ1n) is 12.3. The van der Waals surface area contributed by atoms with Gasteiger partial charge in [0.05, 0.1) is 22.7 Å². The van der Waals surface area contributed by atoms with Crippen LogP contribution in [0.2, 0.25) is 0 Å². The molecule has 0 amide bonds. The van der Waals surface area contributed by atoms with E-state index in [1.54, 1.807) is 30.3 Å². The Bertz CT molecular complexity index is 1970.